The maximum Gasteiger partial charge on any atom is 0.328 e. The molecule has 0 aliphatic carbocycles. The molecule has 21 heavy (non-hydrogen) atoms. The largest absolute Gasteiger partial charge is 0.328 e. The summed E-state index contributed by atoms with van der Waals surface area (Å²) in [6, 6.07) is 5.29. The molecular formula is C14H20N2O3S2. The molecule has 0 saturated carbocycles. The molecule has 0 amide bonds. The lowest BCUT2D eigenvalue weighted by Crippen LogP contribution is -2.09. The summed E-state index contributed by atoms with van der Waals surface area (Å²) >= 11 is 1.31. The van der Waals surface area contributed by atoms with Crippen molar-refractivity contribution in [1.29, 1.82) is 5.26 Å². The van der Waals surface area contributed by atoms with Crippen LogP contribution in [0.15, 0.2) is 22.7 Å². The van der Waals surface area contributed by atoms with E-state index in [4.69, 9.17) is 5.26 Å². The number of unbranched alkanes of at least 4 members (excludes halogenated alkanes) is 5. The summed E-state index contributed by atoms with van der Waals surface area (Å²) in [5.41, 5.74) is -0.0171. The van der Waals surface area contributed by atoms with Crippen molar-refractivity contribution in [1.82, 2.24) is 0 Å². The quantitative estimate of drug-likeness (QED) is 0.373. The fraction of sp³-hybridized carbons (Fsp3) is 0.571. The van der Waals surface area contributed by atoms with E-state index in [9.17, 15) is 8.42 Å². The van der Waals surface area contributed by atoms with Crippen LogP contribution in [-0.2, 0) is 14.4 Å². The van der Waals surface area contributed by atoms with Gasteiger partial charge in [0.2, 0.25) is 0 Å². The van der Waals surface area contributed by atoms with Crippen LogP contribution in [0.2, 0.25) is 0 Å². The molecular weight excluding hydrogens is 308 g/mol. The Kier molecular flexibility index (Phi) is 8.01. The predicted octanol–water partition coefficient (Wildman–Crippen LogP) is 3.68. The van der Waals surface area contributed by atoms with E-state index in [2.05, 4.69) is 16.4 Å². The van der Waals surface area contributed by atoms with Crippen LogP contribution in [0.1, 0.15) is 50.3 Å². The minimum Gasteiger partial charge on any atom is -0.267 e. The van der Waals surface area contributed by atoms with E-state index in [0.29, 0.717) is 11.3 Å². The summed E-state index contributed by atoms with van der Waals surface area (Å²) in [5, 5.41) is 14.2. The van der Waals surface area contributed by atoms with E-state index in [1.54, 1.807) is 17.5 Å². The van der Waals surface area contributed by atoms with Crippen molar-refractivity contribution in [3.8, 4) is 6.07 Å². The maximum atomic E-state index is 11.7. The number of oxime groups is 1. The SMILES string of the molecule is CCCCCCCCS(=O)(=O)O/N=C(/C#N)c1cccs1. The molecule has 0 bridgehead atoms. The normalized spacial score (nSPS) is 12.1. The highest BCUT2D eigenvalue weighted by molar-refractivity contribution is 7.86. The summed E-state index contributed by atoms with van der Waals surface area (Å²) < 4.78 is 27.9. The Hall–Kier alpha value is -1.39. The van der Waals surface area contributed by atoms with E-state index in [0.717, 1.165) is 25.7 Å². The summed E-state index contributed by atoms with van der Waals surface area (Å²) in [5.74, 6) is -0.0637. The summed E-state index contributed by atoms with van der Waals surface area (Å²) in [6.45, 7) is 2.14. The zero-order chi connectivity index (χ0) is 15.6. The number of rotatable bonds is 10. The number of hydrogen-bond acceptors (Lipinski definition) is 6. The minimum absolute atomic E-state index is 0.0171. The first-order valence-corrected chi connectivity index (χ1v) is 9.48. The molecule has 0 saturated heterocycles. The summed E-state index contributed by atoms with van der Waals surface area (Å²) in [6.07, 6.45) is 5.93. The van der Waals surface area contributed by atoms with Gasteiger partial charge in [-0.15, -0.1) is 11.3 Å². The van der Waals surface area contributed by atoms with Crippen molar-refractivity contribution < 1.29 is 12.7 Å². The molecule has 7 heteroatoms. The van der Waals surface area contributed by atoms with Crippen LogP contribution in [0.3, 0.4) is 0 Å². The average Bonchev–Trinajstić information content (AvgIpc) is 2.97. The maximum absolute atomic E-state index is 11.7. The van der Waals surface area contributed by atoms with Gasteiger partial charge in [-0.2, -0.15) is 13.7 Å². The van der Waals surface area contributed by atoms with E-state index >= 15 is 0 Å². The number of hydrogen-bond donors (Lipinski definition) is 0. The fourth-order valence-corrected chi connectivity index (χ4v) is 3.20. The minimum atomic E-state index is -3.70. The molecule has 0 aromatic carbocycles. The molecule has 0 radical (unpaired) electrons. The molecule has 116 valence electrons. The van der Waals surface area contributed by atoms with Gasteiger partial charge >= 0.3 is 10.1 Å². The second kappa shape index (κ2) is 9.53. The van der Waals surface area contributed by atoms with Gasteiger partial charge < -0.3 is 0 Å². The Bertz CT molecular complexity index is 572. The molecule has 0 aliphatic rings. The Balaban J connectivity index is 2.40. The molecule has 0 spiro atoms. The monoisotopic (exact) mass is 328 g/mol. The van der Waals surface area contributed by atoms with Crippen molar-refractivity contribution in [2.24, 2.45) is 5.16 Å². The van der Waals surface area contributed by atoms with Crippen LogP contribution in [0.25, 0.3) is 0 Å². The zero-order valence-electron chi connectivity index (χ0n) is 12.1. The van der Waals surface area contributed by atoms with E-state index < -0.39 is 10.1 Å². The highest BCUT2D eigenvalue weighted by Gasteiger charge is 2.13. The molecule has 1 aromatic rings. The van der Waals surface area contributed by atoms with E-state index in [1.807, 2.05) is 6.07 Å². The van der Waals surface area contributed by atoms with E-state index in [-0.39, 0.29) is 11.5 Å². The Morgan fingerprint density at radius 3 is 2.67 bits per heavy atom. The Morgan fingerprint density at radius 2 is 2.05 bits per heavy atom. The van der Waals surface area contributed by atoms with E-state index in [1.165, 1.54) is 17.8 Å². The first-order valence-electron chi connectivity index (χ1n) is 7.02. The van der Waals surface area contributed by atoms with Gasteiger partial charge in [-0.3, -0.25) is 4.28 Å². The molecule has 1 heterocycles. The lowest BCUT2D eigenvalue weighted by atomic mass is 10.1. The molecule has 0 unspecified atom stereocenters. The third kappa shape index (κ3) is 7.25. The average molecular weight is 328 g/mol. The van der Waals surface area contributed by atoms with Gasteiger partial charge in [-0.05, 0) is 17.9 Å². The van der Waals surface area contributed by atoms with Gasteiger partial charge in [0, 0.05) is 0 Å². The molecule has 0 N–H and O–H groups in total. The first kappa shape index (κ1) is 17.7. The topological polar surface area (TPSA) is 79.5 Å². The molecule has 1 rings (SSSR count). The fourth-order valence-electron chi connectivity index (χ4n) is 1.72. The van der Waals surface area contributed by atoms with Crippen LogP contribution < -0.4 is 0 Å². The standard InChI is InChI=1S/C14H20N2O3S2/c1-2-3-4-5-6-7-11-21(17,18)19-16-13(12-15)14-9-8-10-20-14/h8-10H,2-7,11H2,1H3/b16-13-. The van der Waals surface area contributed by atoms with Gasteiger partial charge in [0.25, 0.3) is 0 Å². The second-order valence-corrected chi connectivity index (χ2v) is 7.25. The Labute approximate surface area is 130 Å². The smallest absolute Gasteiger partial charge is 0.267 e. The van der Waals surface area contributed by atoms with Crippen LogP contribution in [0, 0.1) is 11.3 Å². The van der Waals surface area contributed by atoms with Gasteiger partial charge in [0.15, 0.2) is 5.71 Å². The summed E-state index contributed by atoms with van der Waals surface area (Å²) in [4.78, 5) is 0.590. The number of nitrogens with zero attached hydrogens (tertiary/aromatic N) is 2. The van der Waals surface area contributed by atoms with Crippen LogP contribution in [0.4, 0.5) is 0 Å². The molecule has 5 nitrogen and oxygen atoms in total. The highest BCUT2D eigenvalue weighted by Crippen LogP contribution is 2.11. The van der Waals surface area contributed by atoms with Crippen molar-refractivity contribution in [2.45, 2.75) is 45.4 Å². The number of thiophene rings is 1. The number of nitriles is 1. The third-order valence-electron chi connectivity index (χ3n) is 2.85. The first-order chi connectivity index (χ1) is 10.1. The molecule has 0 fully saturated rings. The molecule has 1 aromatic heterocycles. The van der Waals surface area contributed by atoms with Gasteiger partial charge in [0.1, 0.15) is 6.07 Å². The molecule has 0 aliphatic heterocycles. The van der Waals surface area contributed by atoms with Crippen molar-refractivity contribution in [3.63, 3.8) is 0 Å². The lowest BCUT2D eigenvalue weighted by molar-refractivity contribution is 0.338. The highest BCUT2D eigenvalue weighted by atomic mass is 32.2. The van der Waals surface area contributed by atoms with Crippen LogP contribution in [-0.4, -0.2) is 19.9 Å². The van der Waals surface area contributed by atoms with Crippen molar-refractivity contribution >= 4 is 27.2 Å². The second-order valence-electron chi connectivity index (χ2n) is 4.63. The Morgan fingerprint density at radius 1 is 1.33 bits per heavy atom. The van der Waals surface area contributed by atoms with Crippen LogP contribution >= 0.6 is 11.3 Å². The molecule has 0 atom stereocenters. The lowest BCUT2D eigenvalue weighted by Gasteiger charge is -2.02. The van der Waals surface area contributed by atoms with Gasteiger partial charge in [0.05, 0.1) is 10.6 Å². The van der Waals surface area contributed by atoms with Crippen molar-refractivity contribution in [3.05, 3.63) is 22.4 Å². The third-order valence-corrected chi connectivity index (χ3v) is 4.82. The van der Waals surface area contributed by atoms with Gasteiger partial charge in [-0.25, -0.2) is 0 Å². The predicted molar refractivity (Wildman–Crippen MR) is 84.7 cm³/mol. The van der Waals surface area contributed by atoms with Crippen LogP contribution in [0.5, 0.6) is 0 Å². The zero-order valence-corrected chi connectivity index (χ0v) is 13.8. The summed E-state index contributed by atoms with van der Waals surface area (Å²) in [7, 11) is -3.70. The van der Waals surface area contributed by atoms with Gasteiger partial charge in [-0.1, -0.05) is 50.2 Å². The van der Waals surface area contributed by atoms with Crippen molar-refractivity contribution in [2.75, 3.05) is 5.75 Å².